The lowest BCUT2D eigenvalue weighted by molar-refractivity contribution is -0.120. The average molecular weight is 255 g/mol. The van der Waals surface area contributed by atoms with E-state index in [1.807, 2.05) is 12.1 Å². The number of carbonyl (C=O) groups excluding carboxylic acids is 1. The molecule has 0 spiro atoms. The Morgan fingerprint density at radius 3 is 2.00 bits per heavy atom. The molecule has 0 aliphatic rings. The number of halogens is 2. The Kier molecular flexibility index (Phi) is 4.43. The summed E-state index contributed by atoms with van der Waals surface area (Å²) < 4.78 is 25.7. The highest BCUT2D eigenvalue weighted by Gasteiger charge is 2.23. The molecule has 1 aromatic rings. The van der Waals surface area contributed by atoms with Gasteiger partial charge in [-0.3, -0.25) is 4.79 Å². The van der Waals surface area contributed by atoms with Gasteiger partial charge in [-0.1, -0.05) is 45.0 Å². The van der Waals surface area contributed by atoms with Crippen LogP contribution in [0.2, 0.25) is 0 Å². The molecular weight excluding hydrogens is 236 g/mol. The molecule has 0 radical (unpaired) electrons. The Morgan fingerprint density at radius 2 is 1.67 bits per heavy atom. The zero-order valence-corrected chi connectivity index (χ0v) is 11.1. The summed E-state index contributed by atoms with van der Waals surface area (Å²) in [5.41, 5.74) is 1.47. The van der Waals surface area contributed by atoms with Gasteiger partial charge in [0, 0.05) is 6.92 Å². The summed E-state index contributed by atoms with van der Waals surface area (Å²) >= 11 is 0. The third kappa shape index (κ3) is 3.79. The second kappa shape index (κ2) is 5.46. The highest BCUT2D eigenvalue weighted by atomic mass is 19.3. The van der Waals surface area contributed by atoms with Crippen LogP contribution in [0.3, 0.4) is 0 Å². The molecule has 2 nitrogen and oxygen atoms in total. The molecular formula is C14H19F2NO. The van der Waals surface area contributed by atoms with E-state index in [9.17, 15) is 13.6 Å². The summed E-state index contributed by atoms with van der Waals surface area (Å²) in [6.45, 7) is 7.40. The van der Waals surface area contributed by atoms with Crippen LogP contribution >= 0.6 is 0 Å². The molecule has 4 heteroatoms. The Morgan fingerprint density at radius 1 is 1.17 bits per heavy atom. The minimum atomic E-state index is -2.62. The summed E-state index contributed by atoms with van der Waals surface area (Å²) in [6.07, 6.45) is -2.62. The van der Waals surface area contributed by atoms with E-state index in [0.29, 0.717) is 5.56 Å². The maximum Gasteiger partial charge on any atom is 0.262 e. The van der Waals surface area contributed by atoms with E-state index >= 15 is 0 Å². The van der Waals surface area contributed by atoms with Crippen molar-refractivity contribution in [2.24, 2.45) is 0 Å². The fourth-order valence-electron chi connectivity index (χ4n) is 1.70. The molecule has 1 rings (SSSR count). The molecule has 0 heterocycles. The van der Waals surface area contributed by atoms with Gasteiger partial charge >= 0.3 is 0 Å². The lowest BCUT2D eigenvalue weighted by Crippen LogP contribution is -2.31. The van der Waals surface area contributed by atoms with Crippen LogP contribution in [0, 0.1) is 0 Å². The van der Waals surface area contributed by atoms with Crippen molar-refractivity contribution >= 4 is 5.91 Å². The van der Waals surface area contributed by atoms with Gasteiger partial charge in [-0.25, -0.2) is 8.78 Å². The fourth-order valence-corrected chi connectivity index (χ4v) is 1.70. The van der Waals surface area contributed by atoms with Crippen LogP contribution in [-0.4, -0.2) is 12.3 Å². The SMILES string of the molecule is CC(=O)NC(c1ccc(C(C)(C)C)cc1)C(F)F. The molecule has 0 bridgehead atoms. The van der Waals surface area contributed by atoms with E-state index in [1.165, 1.54) is 6.92 Å². The van der Waals surface area contributed by atoms with Crippen LogP contribution in [0.15, 0.2) is 24.3 Å². The largest absolute Gasteiger partial charge is 0.344 e. The van der Waals surface area contributed by atoms with Crippen LogP contribution in [-0.2, 0) is 10.2 Å². The smallest absolute Gasteiger partial charge is 0.262 e. The van der Waals surface area contributed by atoms with E-state index in [0.717, 1.165) is 5.56 Å². The summed E-state index contributed by atoms with van der Waals surface area (Å²) in [7, 11) is 0. The molecule has 0 saturated heterocycles. The first-order valence-electron chi connectivity index (χ1n) is 5.87. The van der Waals surface area contributed by atoms with Crippen LogP contribution < -0.4 is 5.32 Å². The number of alkyl halides is 2. The van der Waals surface area contributed by atoms with Crippen molar-refractivity contribution in [1.82, 2.24) is 5.32 Å². The number of benzene rings is 1. The molecule has 0 saturated carbocycles. The van der Waals surface area contributed by atoms with Crippen LogP contribution in [0.4, 0.5) is 8.78 Å². The zero-order chi connectivity index (χ0) is 13.9. The van der Waals surface area contributed by atoms with E-state index < -0.39 is 18.4 Å². The van der Waals surface area contributed by atoms with Crippen molar-refractivity contribution in [3.8, 4) is 0 Å². The summed E-state index contributed by atoms with van der Waals surface area (Å²) in [5.74, 6) is -0.458. The van der Waals surface area contributed by atoms with Gasteiger partial charge in [0.1, 0.15) is 6.04 Å². The molecule has 0 aromatic heterocycles. The van der Waals surface area contributed by atoms with Gasteiger partial charge in [0.05, 0.1) is 0 Å². The Balaban J connectivity index is 2.97. The van der Waals surface area contributed by atoms with Gasteiger partial charge in [-0.15, -0.1) is 0 Å². The summed E-state index contributed by atoms with van der Waals surface area (Å²) in [4.78, 5) is 10.9. The monoisotopic (exact) mass is 255 g/mol. The second-order valence-corrected chi connectivity index (χ2v) is 5.38. The van der Waals surface area contributed by atoms with Gasteiger partial charge in [0.25, 0.3) is 6.43 Å². The summed E-state index contributed by atoms with van der Waals surface area (Å²) in [5, 5.41) is 2.26. The maximum atomic E-state index is 12.9. The van der Waals surface area contributed by atoms with Crippen molar-refractivity contribution in [2.75, 3.05) is 0 Å². The minimum absolute atomic E-state index is 0.0210. The average Bonchev–Trinajstić information content (AvgIpc) is 2.24. The number of carbonyl (C=O) groups is 1. The normalized spacial score (nSPS) is 13.5. The van der Waals surface area contributed by atoms with Gasteiger partial charge in [-0.05, 0) is 16.5 Å². The van der Waals surface area contributed by atoms with Crippen molar-refractivity contribution in [2.45, 2.75) is 45.6 Å². The highest BCUT2D eigenvalue weighted by Crippen LogP contribution is 2.26. The third-order valence-corrected chi connectivity index (χ3v) is 2.75. The Bertz CT molecular complexity index is 407. The first-order chi connectivity index (χ1) is 8.21. The quantitative estimate of drug-likeness (QED) is 0.881. The standard InChI is InChI=1S/C14H19F2NO/c1-9(18)17-12(13(15)16)10-5-7-11(8-6-10)14(2,3)4/h5-8,12-13H,1-4H3,(H,17,18). The number of rotatable bonds is 3. The predicted octanol–water partition coefficient (Wildman–Crippen LogP) is 3.43. The van der Waals surface area contributed by atoms with Crippen molar-refractivity contribution in [1.29, 1.82) is 0 Å². The van der Waals surface area contributed by atoms with Crippen LogP contribution in [0.1, 0.15) is 44.9 Å². The van der Waals surface area contributed by atoms with E-state index in [2.05, 4.69) is 26.1 Å². The Labute approximate surface area is 106 Å². The van der Waals surface area contributed by atoms with E-state index in [-0.39, 0.29) is 5.41 Å². The minimum Gasteiger partial charge on any atom is -0.344 e. The van der Waals surface area contributed by atoms with E-state index in [4.69, 9.17) is 0 Å². The molecule has 100 valence electrons. The van der Waals surface area contributed by atoms with Gasteiger partial charge in [-0.2, -0.15) is 0 Å². The number of hydrogen-bond donors (Lipinski definition) is 1. The predicted molar refractivity (Wildman–Crippen MR) is 67.7 cm³/mol. The molecule has 1 aromatic carbocycles. The maximum absolute atomic E-state index is 12.9. The van der Waals surface area contributed by atoms with Crippen molar-refractivity contribution in [3.63, 3.8) is 0 Å². The number of nitrogens with one attached hydrogen (secondary N) is 1. The zero-order valence-electron chi connectivity index (χ0n) is 11.1. The fraction of sp³-hybridized carbons (Fsp3) is 0.500. The van der Waals surface area contributed by atoms with Gasteiger partial charge < -0.3 is 5.32 Å². The van der Waals surface area contributed by atoms with Gasteiger partial charge in [0.2, 0.25) is 5.91 Å². The topological polar surface area (TPSA) is 29.1 Å². The third-order valence-electron chi connectivity index (χ3n) is 2.75. The lowest BCUT2D eigenvalue weighted by Gasteiger charge is -2.21. The number of hydrogen-bond acceptors (Lipinski definition) is 1. The lowest BCUT2D eigenvalue weighted by atomic mass is 9.86. The van der Waals surface area contributed by atoms with Crippen LogP contribution in [0.5, 0.6) is 0 Å². The van der Waals surface area contributed by atoms with Crippen LogP contribution in [0.25, 0.3) is 0 Å². The Hall–Kier alpha value is -1.45. The summed E-state index contributed by atoms with van der Waals surface area (Å²) in [6, 6.07) is 5.70. The first kappa shape index (κ1) is 14.6. The van der Waals surface area contributed by atoms with Crippen molar-refractivity contribution < 1.29 is 13.6 Å². The molecule has 1 unspecified atom stereocenters. The molecule has 1 N–H and O–H groups in total. The highest BCUT2D eigenvalue weighted by molar-refractivity contribution is 5.73. The molecule has 1 atom stereocenters. The van der Waals surface area contributed by atoms with Crippen molar-refractivity contribution in [3.05, 3.63) is 35.4 Å². The first-order valence-corrected chi connectivity index (χ1v) is 5.87. The molecule has 0 aliphatic heterocycles. The molecule has 18 heavy (non-hydrogen) atoms. The molecule has 0 fully saturated rings. The van der Waals surface area contributed by atoms with Gasteiger partial charge in [0.15, 0.2) is 0 Å². The molecule has 0 aliphatic carbocycles. The van der Waals surface area contributed by atoms with E-state index in [1.54, 1.807) is 12.1 Å². The molecule has 1 amide bonds. The number of amides is 1. The second-order valence-electron chi connectivity index (χ2n) is 5.38.